The Morgan fingerprint density at radius 1 is 1.43 bits per heavy atom. The lowest BCUT2D eigenvalue weighted by atomic mass is 9.95. The summed E-state index contributed by atoms with van der Waals surface area (Å²) in [6, 6.07) is 8.12. The summed E-state index contributed by atoms with van der Waals surface area (Å²) in [5.41, 5.74) is 6.50. The van der Waals surface area contributed by atoms with Crippen LogP contribution in [0.3, 0.4) is 0 Å². The molecule has 7 nitrogen and oxygen atoms in total. The van der Waals surface area contributed by atoms with E-state index in [4.69, 9.17) is 10.5 Å². The van der Waals surface area contributed by atoms with Crippen LogP contribution < -0.4 is 15.8 Å². The first-order valence-electron chi connectivity index (χ1n) is 9.58. The van der Waals surface area contributed by atoms with Crippen molar-refractivity contribution in [2.75, 3.05) is 47.4 Å². The number of ether oxygens (including phenoxy) is 1. The Morgan fingerprint density at radius 2 is 2.21 bits per heavy atom. The molecule has 1 saturated heterocycles. The van der Waals surface area contributed by atoms with Gasteiger partial charge in [-0.3, -0.25) is 9.79 Å². The van der Waals surface area contributed by atoms with Gasteiger partial charge in [0.05, 0.1) is 0 Å². The van der Waals surface area contributed by atoms with Crippen LogP contribution in [-0.2, 0) is 11.3 Å². The zero-order chi connectivity index (χ0) is 19.6. The first-order chi connectivity index (χ1) is 13.0. The van der Waals surface area contributed by atoms with Crippen molar-refractivity contribution in [1.29, 1.82) is 0 Å². The number of benzene rings is 1. The maximum absolute atomic E-state index is 11.2. The molecule has 158 valence electrons. The third kappa shape index (κ3) is 8.64. The molecule has 1 aliphatic rings. The number of halogens is 1. The highest BCUT2D eigenvalue weighted by Crippen LogP contribution is 2.19. The van der Waals surface area contributed by atoms with Crippen molar-refractivity contribution in [2.24, 2.45) is 16.6 Å². The number of amides is 1. The van der Waals surface area contributed by atoms with Crippen molar-refractivity contribution < 1.29 is 9.53 Å². The lowest BCUT2D eigenvalue weighted by molar-refractivity contribution is -0.119. The molecule has 0 radical (unpaired) electrons. The second-order valence-corrected chi connectivity index (χ2v) is 7.32. The molecule has 2 rings (SSSR count). The molecule has 1 heterocycles. The van der Waals surface area contributed by atoms with Gasteiger partial charge in [-0.1, -0.05) is 12.1 Å². The average Bonchev–Trinajstić information content (AvgIpc) is 2.62. The number of hydrogen-bond donors (Lipinski definition) is 2. The topological polar surface area (TPSA) is 83.2 Å². The number of guanidine groups is 1. The van der Waals surface area contributed by atoms with Crippen molar-refractivity contribution in [1.82, 2.24) is 15.1 Å². The Labute approximate surface area is 185 Å². The zero-order valence-corrected chi connectivity index (χ0v) is 19.5. The fourth-order valence-electron chi connectivity index (χ4n) is 3.31. The maximum atomic E-state index is 11.2. The molecule has 1 atom stereocenters. The number of likely N-dealkylation sites (N-methyl/N-ethyl adjacent to an activating group) is 1. The number of piperidine rings is 1. The van der Waals surface area contributed by atoms with E-state index >= 15 is 0 Å². The lowest BCUT2D eigenvalue weighted by Crippen LogP contribution is -2.46. The van der Waals surface area contributed by atoms with Crippen LogP contribution in [0.25, 0.3) is 0 Å². The molecular formula is C20H34IN5O2. The fourth-order valence-corrected chi connectivity index (χ4v) is 3.31. The number of nitrogens with one attached hydrogen (secondary N) is 1. The summed E-state index contributed by atoms with van der Waals surface area (Å²) >= 11 is 0. The number of carbonyl (C=O) groups excluding carboxylic acids is 1. The van der Waals surface area contributed by atoms with Crippen molar-refractivity contribution in [3.05, 3.63) is 29.8 Å². The molecule has 0 saturated carbocycles. The number of rotatable bonds is 8. The van der Waals surface area contributed by atoms with Gasteiger partial charge in [0, 0.05) is 39.6 Å². The van der Waals surface area contributed by atoms with E-state index in [-0.39, 0.29) is 29.9 Å². The molecule has 0 aromatic heterocycles. The molecule has 1 fully saturated rings. The van der Waals surface area contributed by atoms with Gasteiger partial charge in [-0.25, -0.2) is 0 Å². The normalized spacial score (nSPS) is 17.2. The molecule has 1 aromatic carbocycles. The molecule has 1 unspecified atom stereocenters. The minimum atomic E-state index is -0.226. The summed E-state index contributed by atoms with van der Waals surface area (Å²) in [7, 11) is 5.86. The molecule has 0 bridgehead atoms. The minimum absolute atomic E-state index is 0. The van der Waals surface area contributed by atoms with Crippen LogP contribution >= 0.6 is 24.0 Å². The van der Waals surface area contributed by atoms with Crippen LogP contribution in [0.15, 0.2) is 29.3 Å². The number of nitrogens with zero attached hydrogens (tertiary/aromatic N) is 3. The summed E-state index contributed by atoms with van der Waals surface area (Å²) in [6.07, 6.45) is 2.54. The maximum Gasteiger partial charge on any atom is 0.217 e. The van der Waals surface area contributed by atoms with E-state index in [0.717, 1.165) is 49.7 Å². The fraction of sp³-hybridized carbons (Fsp3) is 0.600. The monoisotopic (exact) mass is 503 g/mol. The Morgan fingerprint density at radius 3 is 2.89 bits per heavy atom. The molecule has 1 amide bonds. The Hall–Kier alpha value is -1.55. The highest BCUT2D eigenvalue weighted by molar-refractivity contribution is 14.0. The predicted molar refractivity (Wildman–Crippen MR) is 124 cm³/mol. The summed E-state index contributed by atoms with van der Waals surface area (Å²) < 4.78 is 5.80. The highest BCUT2D eigenvalue weighted by Gasteiger charge is 2.23. The average molecular weight is 503 g/mol. The number of nitrogens with two attached hydrogens (primary N) is 1. The SMILES string of the molecule is CN=C(NCc1cccc(OCCN(C)C)c1)N1CCCC(CC(N)=O)C1.I. The number of primary amides is 1. The second-order valence-electron chi connectivity index (χ2n) is 7.32. The van der Waals surface area contributed by atoms with E-state index in [1.165, 1.54) is 0 Å². The molecule has 28 heavy (non-hydrogen) atoms. The minimum Gasteiger partial charge on any atom is -0.492 e. The van der Waals surface area contributed by atoms with Gasteiger partial charge < -0.3 is 25.6 Å². The van der Waals surface area contributed by atoms with Gasteiger partial charge in [-0.15, -0.1) is 24.0 Å². The van der Waals surface area contributed by atoms with Crippen LogP contribution in [0.4, 0.5) is 0 Å². The van der Waals surface area contributed by atoms with Crippen molar-refractivity contribution in [3.8, 4) is 5.75 Å². The van der Waals surface area contributed by atoms with E-state index in [0.29, 0.717) is 25.5 Å². The molecular weight excluding hydrogens is 469 g/mol. The zero-order valence-electron chi connectivity index (χ0n) is 17.2. The van der Waals surface area contributed by atoms with Crippen LogP contribution in [-0.4, -0.2) is 69.1 Å². The largest absolute Gasteiger partial charge is 0.492 e. The summed E-state index contributed by atoms with van der Waals surface area (Å²) in [5.74, 6) is 1.83. The third-order valence-electron chi connectivity index (χ3n) is 4.68. The first-order valence-corrected chi connectivity index (χ1v) is 9.58. The van der Waals surface area contributed by atoms with Crippen LogP contribution in [0.1, 0.15) is 24.8 Å². The second kappa shape index (κ2) is 12.8. The van der Waals surface area contributed by atoms with Gasteiger partial charge in [-0.2, -0.15) is 0 Å². The number of likely N-dealkylation sites (tertiary alicyclic amines) is 1. The highest BCUT2D eigenvalue weighted by atomic mass is 127. The summed E-state index contributed by atoms with van der Waals surface area (Å²) in [6.45, 7) is 3.99. The lowest BCUT2D eigenvalue weighted by Gasteiger charge is -2.34. The molecule has 1 aromatic rings. The van der Waals surface area contributed by atoms with Crippen molar-refractivity contribution in [3.63, 3.8) is 0 Å². The van der Waals surface area contributed by atoms with Crippen LogP contribution in [0.5, 0.6) is 5.75 Å². The first kappa shape index (κ1) is 24.5. The van der Waals surface area contributed by atoms with Crippen molar-refractivity contribution in [2.45, 2.75) is 25.8 Å². The molecule has 1 aliphatic heterocycles. The number of aliphatic imine (C=N–C) groups is 1. The van der Waals surface area contributed by atoms with Crippen LogP contribution in [0, 0.1) is 5.92 Å². The van der Waals surface area contributed by atoms with Gasteiger partial charge >= 0.3 is 0 Å². The van der Waals surface area contributed by atoms with Gasteiger partial charge in [0.2, 0.25) is 5.91 Å². The van der Waals surface area contributed by atoms with Crippen molar-refractivity contribution >= 4 is 35.8 Å². The Balaban J connectivity index is 0.00000392. The van der Waals surface area contributed by atoms with Gasteiger partial charge in [0.15, 0.2) is 5.96 Å². The predicted octanol–water partition coefficient (Wildman–Crippen LogP) is 1.91. The van der Waals surface area contributed by atoms with E-state index in [1.54, 1.807) is 7.05 Å². The molecule has 8 heteroatoms. The molecule has 3 N–H and O–H groups in total. The van der Waals surface area contributed by atoms with Gasteiger partial charge in [0.25, 0.3) is 0 Å². The number of carbonyl (C=O) groups is 1. The third-order valence-corrected chi connectivity index (χ3v) is 4.68. The Bertz CT molecular complexity index is 639. The smallest absolute Gasteiger partial charge is 0.217 e. The standard InChI is InChI=1S/C20H33N5O2.HI/c1-22-20(25-9-5-7-17(15-25)13-19(21)26)23-14-16-6-4-8-18(12-16)27-11-10-24(2)3;/h4,6,8,12,17H,5,7,9-11,13-15H2,1-3H3,(H2,21,26)(H,22,23);1H. The van der Waals surface area contributed by atoms with Gasteiger partial charge in [-0.05, 0) is 50.6 Å². The Kier molecular flexibility index (Phi) is 11.2. The van der Waals surface area contributed by atoms with E-state index < -0.39 is 0 Å². The van der Waals surface area contributed by atoms with E-state index in [2.05, 4.69) is 32.2 Å². The molecule has 0 spiro atoms. The van der Waals surface area contributed by atoms with E-state index in [9.17, 15) is 4.79 Å². The van der Waals surface area contributed by atoms with Gasteiger partial charge in [0.1, 0.15) is 12.4 Å². The molecule has 0 aliphatic carbocycles. The summed E-state index contributed by atoms with van der Waals surface area (Å²) in [4.78, 5) is 19.9. The quantitative estimate of drug-likeness (QED) is 0.322. The summed E-state index contributed by atoms with van der Waals surface area (Å²) in [5, 5.41) is 3.43. The van der Waals surface area contributed by atoms with E-state index in [1.807, 2.05) is 26.2 Å². The number of hydrogen-bond acceptors (Lipinski definition) is 4. The van der Waals surface area contributed by atoms with Crippen LogP contribution in [0.2, 0.25) is 0 Å².